The van der Waals surface area contributed by atoms with Crippen LogP contribution >= 0.6 is 11.6 Å². The summed E-state index contributed by atoms with van der Waals surface area (Å²) in [5.74, 6) is -3.58. The number of carbonyl (C=O) groups is 1. The fraction of sp³-hybridized carbons (Fsp3) is 0.458. The summed E-state index contributed by atoms with van der Waals surface area (Å²) in [5, 5.41) is -0.910. The SMILES string of the molecule is CCCCCCc1ccc(-c2ccc(OC(=O)C(Cl)C(C)CC)c(F)c2F)cc1. The highest BCUT2D eigenvalue weighted by Crippen LogP contribution is 2.31. The van der Waals surface area contributed by atoms with Gasteiger partial charge in [0, 0.05) is 5.56 Å². The van der Waals surface area contributed by atoms with Gasteiger partial charge in [-0.25, -0.2) is 4.39 Å². The maximum absolute atomic E-state index is 14.6. The van der Waals surface area contributed by atoms with E-state index in [0.29, 0.717) is 12.0 Å². The van der Waals surface area contributed by atoms with E-state index in [-0.39, 0.29) is 11.5 Å². The molecule has 29 heavy (non-hydrogen) atoms. The topological polar surface area (TPSA) is 26.3 Å². The maximum Gasteiger partial charge on any atom is 0.329 e. The summed E-state index contributed by atoms with van der Waals surface area (Å²) in [4.78, 5) is 12.1. The second-order valence-corrected chi connectivity index (χ2v) is 7.93. The van der Waals surface area contributed by atoms with Gasteiger partial charge in [-0.1, -0.05) is 70.7 Å². The van der Waals surface area contributed by atoms with Crippen LogP contribution in [0.2, 0.25) is 0 Å². The van der Waals surface area contributed by atoms with Crippen molar-refractivity contribution in [3.8, 4) is 16.9 Å². The van der Waals surface area contributed by atoms with Crippen molar-refractivity contribution in [3.05, 3.63) is 53.6 Å². The molecule has 5 heteroatoms. The van der Waals surface area contributed by atoms with Gasteiger partial charge in [-0.05, 0) is 42.0 Å². The predicted octanol–water partition coefficient (Wildman–Crippen LogP) is 7.31. The molecule has 0 bridgehead atoms. The van der Waals surface area contributed by atoms with Crippen LogP contribution in [-0.4, -0.2) is 11.3 Å². The first-order valence-corrected chi connectivity index (χ1v) is 10.8. The molecule has 2 rings (SSSR count). The van der Waals surface area contributed by atoms with Crippen molar-refractivity contribution in [2.75, 3.05) is 0 Å². The lowest BCUT2D eigenvalue weighted by Crippen LogP contribution is -2.27. The minimum Gasteiger partial charge on any atom is -0.422 e. The Kier molecular flexibility index (Phi) is 9.09. The van der Waals surface area contributed by atoms with Gasteiger partial charge in [-0.15, -0.1) is 11.6 Å². The van der Waals surface area contributed by atoms with E-state index in [1.165, 1.54) is 37.0 Å². The van der Waals surface area contributed by atoms with E-state index in [2.05, 4.69) is 6.92 Å². The quantitative estimate of drug-likeness (QED) is 0.173. The van der Waals surface area contributed by atoms with Crippen molar-refractivity contribution in [2.24, 2.45) is 5.92 Å². The van der Waals surface area contributed by atoms with Gasteiger partial charge in [-0.2, -0.15) is 4.39 Å². The van der Waals surface area contributed by atoms with E-state index in [9.17, 15) is 13.6 Å². The summed E-state index contributed by atoms with van der Waals surface area (Å²) in [5.41, 5.74) is 1.88. The Morgan fingerprint density at radius 2 is 1.69 bits per heavy atom. The van der Waals surface area contributed by atoms with Gasteiger partial charge in [0.15, 0.2) is 11.6 Å². The van der Waals surface area contributed by atoms with Gasteiger partial charge in [0.2, 0.25) is 5.82 Å². The highest BCUT2D eigenvalue weighted by Gasteiger charge is 2.25. The van der Waals surface area contributed by atoms with Gasteiger partial charge in [0.05, 0.1) is 0 Å². The number of carbonyl (C=O) groups excluding carboxylic acids is 1. The number of hydrogen-bond donors (Lipinski definition) is 0. The molecule has 2 nitrogen and oxygen atoms in total. The summed E-state index contributed by atoms with van der Waals surface area (Å²) >= 11 is 6.03. The van der Waals surface area contributed by atoms with E-state index in [1.807, 2.05) is 19.1 Å². The maximum atomic E-state index is 14.6. The number of aryl methyl sites for hydroxylation is 1. The summed E-state index contributed by atoms with van der Waals surface area (Å²) in [7, 11) is 0. The summed E-state index contributed by atoms with van der Waals surface area (Å²) in [6, 6.07) is 10.1. The fourth-order valence-corrected chi connectivity index (χ4v) is 3.27. The molecule has 2 aromatic carbocycles. The molecule has 0 heterocycles. The molecule has 0 aliphatic carbocycles. The van der Waals surface area contributed by atoms with Crippen LogP contribution in [0.5, 0.6) is 5.75 Å². The Morgan fingerprint density at radius 1 is 1.00 bits per heavy atom. The van der Waals surface area contributed by atoms with Gasteiger partial charge in [-0.3, -0.25) is 4.79 Å². The Hall–Kier alpha value is -1.94. The first-order chi connectivity index (χ1) is 13.9. The summed E-state index contributed by atoms with van der Waals surface area (Å²) < 4.78 is 34.1. The first kappa shape index (κ1) is 23.3. The highest BCUT2D eigenvalue weighted by molar-refractivity contribution is 6.30. The Bertz CT molecular complexity index is 805. The lowest BCUT2D eigenvalue weighted by Gasteiger charge is -2.15. The number of halogens is 3. The van der Waals surface area contributed by atoms with E-state index in [4.69, 9.17) is 16.3 Å². The Labute approximate surface area is 177 Å². The zero-order valence-corrected chi connectivity index (χ0v) is 18.1. The predicted molar refractivity (Wildman–Crippen MR) is 114 cm³/mol. The largest absolute Gasteiger partial charge is 0.422 e. The molecule has 0 aromatic heterocycles. The molecule has 2 aromatic rings. The van der Waals surface area contributed by atoms with Gasteiger partial charge in [0.25, 0.3) is 0 Å². The van der Waals surface area contributed by atoms with Crippen molar-refractivity contribution < 1.29 is 18.3 Å². The van der Waals surface area contributed by atoms with E-state index in [1.54, 1.807) is 19.1 Å². The monoisotopic (exact) mass is 422 g/mol. The molecule has 0 saturated heterocycles. The number of unbranched alkanes of at least 4 members (excludes halogenated alkanes) is 3. The molecule has 0 N–H and O–H groups in total. The second kappa shape index (κ2) is 11.3. The zero-order valence-electron chi connectivity index (χ0n) is 17.3. The van der Waals surface area contributed by atoms with Crippen LogP contribution in [0, 0.1) is 17.6 Å². The van der Waals surface area contributed by atoms with Crippen LogP contribution < -0.4 is 4.74 Å². The zero-order chi connectivity index (χ0) is 21.4. The Morgan fingerprint density at radius 3 is 2.31 bits per heavy atom. The average molecular weight is 423 g/mol. The van der Waals surface area contributed by atoms with Crippen molar-refractivity contribution in [1.29, 1.82) is 0 Å². The minimum absolute atomic E-state index is 0.128. The first-order valence-electron chi connectivity index (χ1n) is 10.3. The van der Waals surface area contributed by atoms with Crippen LogP contribution in [0.1, 0.15) is 58.4 Å². The van der Waals surface area contributed by atoms with Crippen LogP contribution in [0.25, 0.3) is 11.1 Å². The lowest BCUT2D eigenvalue weighted by molar-refractivity contribution is -0.135. The van der Waals surface area contributed by atoms with E-state index in [0.717, 1.165) is 12.8 Å². The molecule has 0 aliphatic rings. The minimum atomic E-state index is -1.19. The lowest BCUT2D eigenvalue weighted by atomic mass is 10.0. The van der Waals surface area contributed by atoms with Crippen LogP contribution in [0.4, 0.5) is 8.78 Å². The van der Waals surface area contributed by atoms with E-state index < -0.39 is 28.7 Å². The van der Waals surface area contributed by atoms with Crippen molar-refractivity contribution in [3.63, 3.8) is 0 Å². The summed E-state index contributed by atoms with van der Waals surface area (Å²) in [6.07, 6.45) is 6.38. The number of esters is 1. The molecule has 0 fully saturated rings. The summed E-state index contributed by atoms with van der Waals surface area (Å²) in [6.45, 7) is 5.86. The molecule has 0 radical (unpaired) electrons. The number of alkyl halides is 1. The number of benzene rings is 2. The number of hydrogen-bond acceptors (Lipinski definition) is 2. The average Bonchev–Trinajstić information content (AvgIpc) is 2.74. The normalized spacial score (nSPS) is 13.2. The van der Waals surface area contributed by atoms with E-state index >= 15 is 0 Å². The molecular weight excluding hydrogens is 394 g/mol. The molecule has 2 unspecified atom stereocenters. The number of ether oxygens (including phenoxy) is 1. The van der Waals surface area contributed by atoms with Gasteiger partial charge < -0.3 is 4.74 Å². The Balaban J connectivity index is 2.11. The molecule has 158 valence electrons. The highest BCUT2D eigenvalue weighted by atomic mass is 35.5. The fourth-order valence-electron chi connectivity index (χ4n) is 3.04. The van der Waals surface area contributed by atoms with Crippen LogP contribution in [0.3, 0.4) is 0 Å². The molecular formula is C24H29ClF2O2. The van der Waals surface area contributed by atoms with Gasteiger partial charge in [0.1, 0.15) is 5.38 Å². The smallest absolute Gasteiger partial charge is 0.329 e. The molecule has 2 atom stereocenters. The number of rotatable bonds is 10. The van der Waals surface area contributed by atoms with Crippen LogP contribution in [0.15, 0.2) is 36.4 Å². The molecule has 0 saturated carbocycles. The van der Waals surface area contributed by atoms with Crippen molar-refractivity contribution in [2.45, 2.75) is 64.7 Å². The third-order valence-electron chi connectivity index (χ3n) is 5.21. The van der Waals surface area contributed by atoms with Crippen molar-refractivity contribution >= 4 is 17.6 Å². The molecule has 0 aliphatic heterocycles. The third-order valence-corrected chi connectivity index (χ3v) is 5.82. The van der Waals surface area contributed by atoms with Crippen molar-refractivity contribution in [1.82, 2.24) is 0 Å². The van der Waals surface area contributed by atoms with Crippen LogP contribution in [-0.2, 0) is 11.2 Å². The molecule has 0 spiro atoms. The second-order valence-electron chi connectivity index (χ2n) is 7.46. The van der Waals surface area contributed by atoms with Gasteiger partial charge >= 0.3 is 5.97 Å². The molecule has 0 amide bonds. The standard InChI is InChI=1S/C24H29ClF2O2/c1-4-6-7-8-9-17-10-12-18(13-11-17)19-14-15-20(23(27)22(19)26)29-24(28)21(25)16(3)5-2/h10-16,21H,4-9H2,1-3H3. The third kappa shape index (κ3) is 6.27.